The predicted octanol–water partition coefficient (Wildman–Crippen LogP) is 3.89. The van der Waals surface area contributed by atoms with Crippen molar-refractivity contribution in [2.24, 2.45) is 23.2 Å². The zero-order chi connectivity index (χ0) is 14.9. The van der Waals surface area contributed by atoms with Crippen molar-refractivity contribution < 1.29 is 4.79 Å². The molecular formula is C17H32N2O. The minimum Gasteiger partial charge on any atom is -0.335 e. The lowest BCUT2D eigenvalue weighted by molar-refractivity contribution is -0.113. The van der Waals surface area contributed by atoms with Crippen molar-refractivity contribution in [3.63, 3.8) is 0 Å². The van der Waals surface area contributed by atoms with E-state index in [-0.39, 0.29) is 6.03 Å². The SMILES string of the molecule is CCCN(CCC)C(=O)N[C@H]1C[C@H]2C[C@@H]([C@@H]1C)C2(C)C. The largest absolute Gasteiger partial charge is 0.335 e. The third-order valence-electron chi connectivity index (χ3n) is 5.94. The van der Waals surface area contributed by atoms with Gasteiger partial charge >= 0.3 is 6.03 Å². The molecule has 20 heavy (non-hydrogen) atoms. The number of hydrogen-bond donors (Lipinski definition) is 1. The van der Waals surface area contributed by atoms with Crippen LogP contribution in [0, 0.1) is 23.2 Å². The van der Waals surface area contributed by atoms with Crippen LogP contribution in [0.4, 0.5) is 4.79 Å². The number of carbonyl (C=O) groups excluding carboxylic acids is 1. The van der Waals surface area contributed by atoms with Gasteiger partial charge < -0.3 is 10.2 Å². The van der Waals surface area contributed by atoms with Crippen LogP contribution in [0.25, 0.3) is 0 Å². The lowest BCUT2D eigenvalue weighted by atomic mass is 9.45. The summed E-state index contributed by atoms with van der Waals surface area (Å²) >= 11 is 0. The van der Waals surface area contributed by atoms with Gasteiger partial charge in [-0.25, -0.2) is 4.79 Å². The summed E-state index contributed by atoms with van der Waals surface area (Å²) in [4.78, 5) is 14.4. The fourth-order valence-electron chi connectivity index (χ4n) is 4.45. The maximum atomic E-state index is 12.4. The highest BCUT2D eigenvalue weighted by Gasteiger charge is 2.56. The molecule has 0 unspecified atom stereocenters. The Bertz CT molecular complexity index is 347. The van der Waals surface area contributed by atoms with E-state index in [0.29, 0.717) is 17.4 Å². The first kappa shape index (κ1) is 15.7. The first-order valence-corrected chi connectivity index (χ1v) is 8.47. The van der Waals surface area contributed by atoms with E-state index in [1.54, 1.807) is 0 Å². The van der Waals surface area contributed by atoms with Gasteiger partial charge in [0.2, 0.25) is 0 Å². The van der Waals surface area contributed by atoms with Crippen LogP contribution in [0.15, 0.2) is 0 Å². The minimum absolute atomic E-state index is 0.157. The van der Waals surface area contributed by atoms with E-state index in [4.69, 9.17) is 0 Å². The van der Waals surface area contributed by atoms with Gasteiger partial charge in [0.15, 0.2) is 0 Å². The number of amides is 2. The summed E-state index contributed by atoms with van der Waals surface area (Å²) in [7, 11) is 0. The normalized spacial score (nSPS) is 34.2. The molecule has 1 N–H and O–H groups in total. The van der Waals surface area contributed by atoms with Crippen molar-refractivity contribution in [3.05, 3.63) is 0 Å². The van der Waals surface area contributed by atoms with E-state index in [2.05, 4.69) is 39.9 Å². The lowest BCUT2D eigenvalue weighted by Gasteiger charge is -2.62. The molecule has 3 fully saturated rings. The van der Waals surface area contributed by atoms with E-state index in [9.17, 15) is 4.79 Å². The van der Waals surface area contributed by atoms with Gasteiger partial charge in [-0.2, -0.15) is 0 Å². The van der Waals surface area contributed by atoms with E-state index in [1.165, 1.54) is 12.8 Å². The Kier molecular flexibility index (Phi) is 4.66. The topological polar surface area (TPSA) is 32.3 Å². The summed E-state index contributed by atoms with van der Waals surface area (Å²) < 4.78 is 0. The molecule has 3 rings (SSSR count). The second-order valence-electron chi connectivity index (χ2n) is 7.50. The molecule has 0 aliphatic heterocycles. The summed E-state index contributed by atoms with van der Waals surface area (Å²) in [6.45, 7) is 13.2. The van der Waals surface area contributed by atoms with Crippen molar-refractivity contribution in [1.29, 1.82) is 0 Å². The molecule has 3 heteroatoms. The van der Waals surface area contributed by atoms with E-state index in [1.807, 2.05) is 4.90 Å². The molecule has 0 aromatic rings. The minimum atomic E-state index is 0.157. The zero-order valence-electron chi connectivity index (χ0n) is 13.9. The molecule has 0 saturated heterocycles. The van der Waals surface area contributed by atoms with Crippen LogP contribution in [0.3, 0.4) is 0 Å². The van der Waals surface area contributed by atoms with Crippen LogP contribution >= 0.6 is 0 Å². The van der Waals surface area contributed by atoms with Crippen LogP contribution < -0.4 is 5.32 Å². The van der Waals surface area contributed by atoms with Crippen LogP contribution in [-0.4, -0.2) is 30.1 Å². The Labute approximate surface area is 124 Å². The Balaban J connectivity index is 1.92. The molecule has 0 aromatic heterocycles. The molecule has 116 valence electrons. The quantitative estimate of drug-likeness (QED) is 0.814. The molecule has 3 aliphatic carbocycles. The molecule has 0 heterocycles. The Morgan fingerprint density at radius 1 is 1.20 bits per heavy atom. The van der Waals surface area contributed by atoms with Crippen molar-refractivity contribution >= 4 is 6.03 Å². The van der Waals surface area contributed by atoms with Crippen molar-refractivity contribution in [3.8, 4) is 0 Å². The highest BCUT2D eigenvalue weighted by Crippen LogP contribution is 2.61. The van der Waals surface area contributed by atoms with Gasteiger partial charge in [-0.05, 0) is 48.9 Å². The fraction of sp³-hybridized carbons (Fsp3) is 0.941. The average molecular weight is 280 g/mol. The van der Waals surface area contributed by atoms with Crippen molar-refractivity contribution in [1.82, 2.24) is 10.2 Å². The lowest BCUT2D eigenvalue weighted by Crippen LogP contribution is -2.61. The number of fused-ring (bicyclic) bond motifs is 2. The molecule has 3 aliphatic rings. The Hall–Kier alpha value is -0.730. The molecule has 0 aromatic carbocycles. The average Bonchev–Trinajstić information content (AvgIpc) is 2.40. The molecule has 3 saturated carbocycles. The second-order valence-corrected chi connectivity index (χ2v) is 7.50. The molecule has 2 amide bonds. The summed E-state index contributed by atoms with van der Waals surface area (Å²) in [6, 6.07) is 0.542. The van der Waals surface area contributed by atoms with E-state index < -0.39 is 0 Å². The van der Waals surface area contributed by atoms with Gasteiger partial charge in [-0.15, -0.1) is 0 Å². The predicted molar refractivity (Wildman–Crippen MR) is 83.6 cm³/mol. The zero-order valence-corrected chi connectivity index (χ0v) is 13.9. The number of urea groups is 1. The number of carbonyl (C=O) groups is 1. The highest BCUT2D eigenvalue weighted by atomic mass is 16.2. The van der Waals surface area contributed by atoms with Crippen LogP contribution in [0.2, 0.25) is 0 Å². The second kappa shape index (κ2) is 5.95. The maximum absolute atomic E-state index is 12.4. The number of hydrogen-bond acceptors (Lipinski definition) is 1. The molecular weight excluding hydrogens is 248 g/mol. The standard InChI is InChI=1S/C17H32N2O/c1-6-8-19(9-7-2)16(20)18-15-11-13-10-14(12(15)3)17(13,4)5/h12-15H,6-11H2,1-5H3,(H,18,20)/t12-,13+,14-,15-/m0/s1. The monoisotopic (exact) mass is 280 g/mol. The Morgan fingerprint density at radius 2 is 1.80 bits per heavy atom. The molecule has 0 spiro atoms. The molecule has 4 atom stereocenters. The van der Waals surface area contributed by atoms with Crippen molar-refractivity contribution in [2.45, 2.75) is 66.3 Å². The van der Waals surface area contributed by atoms with E-state index >= 15 is 0 Å². The fourth-order valence-corrected chi connectivity index (χ4v) is 4.45. The Morgan fingerprint density at radius 3 is 2.25 bits per heavy atom. The van der Waals surface area contributed by atoms with Gasteiger partial charge in [0.1, 0.15) is 0 Å². The van der Waals surface area contributed by atoms with Crippen LogP contribution in [-0.2, 0) is 0 Å². The molecule has 0 radical (unpaired) electrons. The van der Waals surface area contributed by atoms with Crippen LogP contribution in [0.1, 0.15) is 60.3 Å². The third kappa shape index (κ3) is 2.68. The molecule has 3 nitrogen and oxygen atoms in total. The van der Waals surface area contributed by atoms with Gasteiger partial charge in [-0.1, -0.05) is 34.6 Å². The van der Waals surface area contributed by atoms with Gasteiger partial charge in [0.05, 0.1) is 0 Å². The maximum Gasteiger partial charge on any atom is 0.317 e. The first-order valence-electron chi connectivity index (χ1n) is 8.47. The van der Waals surface area contributed by atoms with E-state index in [0.717, 1.165) is 37.8 Å². The number of nitrogens with one attached hydrogen (secondary N) is 1. The summed E-state index contributed by atoms with van der Waals surface area (Å²) in [5.41, 5.74) is 0.493. The third-order valence-corrected chi connectivity index (χ3v) is 5.94. The van der Waals surface area contributed by atoms with Crippen molar-refractivity contribution in [2.75, 3.05) is 13.1 Å². The summed E-state index contributed by atoms with van der Waals surface area (Å²) in [6.07, 6.45) is 4.61. The molecule has 2 bridgehead atoms. The summed E-state index contributed by atoms with van der Waals surface area (Å²) in [5, 5.41) is 3.32. The first-order chi connectivity index (χ1) is 9.41. The summed E-state index contributed by atoms with van der Waals surface area (Å²) in [5.74, 6) is 2.21. The van der Waals surface area contributed by atoms with Gasteiger partial charge in [0, 0.05) is 19.1 Å². The smallest absolute Gasteiger partial charge is 0.317 e. The number of nitrogens with zero attached hydrogens (tertiary/aromatic N) is 1. The van der Waals surface area contributed by atoms with Gasteiger partial charge in [0.25, 0.3) is 0 Å². The highest BCUT2D eigenvalue weighted by molar-refractivity contribution is 5.74. The van der Waals surface area contributed by atoms with Gasteiger partial charge in [-0.3, -0.25) is 0 Å². The number of rotatable bonds is 5. The van der Waals surface area contributed by atoms with Crippen LogP contribution in [0.5, 0.6) is 0 Å².